The van der Waals surface area contributed by atoms with Crippen molar-refractivity contribution in [2.75, 3.05) is 5.75 Å². The van der Waals surface area contributed by atoms with Crippen LogP contribution >= 0.6 is 35.3 Å². The van der Waals surface area contributed by atoms with Gasteiger partial charge in [-0.1, -0.05) is 68.2 Å². The molecular weight excluding hydrogens is 360 g/mol. The zero-order valence-corrected chi connectivity index (χ0v) is 16.9. The largest absolute Gasteiger partial charge is 0.460 e. The smallest absolute Gasteiger partial charge is 0.330 e. The van der Waals surface area contributed by atoms with Gasteiger partial charge in [0.1, 0.15) is 0 Å². The van der Waals surface area contributed by atoms with Crippen LogP contribution < -0.4 is 0 Å². The van der Waals surface area contributed by atoms with Crippen LogP contribution in [-0.2, 0) is 9.53 Å². The van der Waals surface area contributed by atoms with Gasteiger partial charge < -0.3 is 4.74 Å². The van der Waals surface area contributed by atoms with Crippen molar-refractivity contribution in [3.05, 3.63) is 16.6 Å². The molecule has 0 aliphatic heterocycles. The number of nitrogens with zero attached hydrogens (tertiary/aromatic N) is 1. The van der Waals surface area contributed by atoms with Gasteiger partial charge in [0, 0.05) is 11.8 Å². The monoisotopic (exact) mass is 388 g/mol. The molecule has 1 aromatic heterocycles. The zero-order chi connectivity index (χ0) is 17.6. The minimum absolute atomic E-state index is 0.000177. The maximum atomic E-state index is 11.0. The molecular formula is C17H28N2O2S3. The Morgan fingerprint density at radius 3 is 2.50 bits per heavy atom. The minimum Gasteiger partial charge on any atom is -0.460 e. The number of H-pyrrole nitrogens is 1. The number of unbranched alkanes of at least 4 members (excludes halogenated alkanes) is 7. The molecule has 1 N–H and O–H groups in total. The van der Waals surface area contributed by atoms with Crippen molar-refractivity contribution in [3.8, 4) is 0 Å². The minimum atomic E-state index is -0.321. The molecule has 0 spiro atoms. The molecule has 0 aliphatic rings. The van der Waals surface area contributed by atoms with Gasteiger partial charge in [-0.25, -0.2) is 4.79 Å². The summed E-state index contributed by atoms with van der Waals surface area (Å²) in [5, 5.41) is 6.95. The van der Waals surface area contributed by atoms with Crippen LogP contribution in [0.2, 0.25) is 0 Å². The quantitative estimate of drug-likeness (QED) is 0.141. The van der Waals surface area contributed by atoms with E-state index in [4.69, 9.17) is 17.0 Å². The maximum absolute atomic E-state index is 11.0. The number of ether oxygens (including phenoxy) is 1. The van der Waals surface area contributed by atoms with Crippen LogP contribution in [0.5, 0.6) is 0 Å². The van der Waals surface area contributed by atoms with E-state index in [2.05, 4.69) is 16.8 Å². The number of nitrogens with one attached hydrogen (secondary N) is 1. The molecule has 1 heterocycles. The van der Waals surface area contributed by atoms with Crippen molar-refractivity contribution < 1.29 is 9.53 Å². The Balaban J connectivity index is 1.82. The molecule has 0 fully saturated rings. The molecule has 4 nitrogen and oxygen atoms in total. The summed E-state index contributed by atoms with van der Waals surface area (Å²) in [6.45, 7) is 5.35. The molecule has 1 rings (SSSR count). The standard InChI is InChI=1S/C17H28N2O2S3/c1-3-15(20)21-14(2)12-10-8-6-4-5-7-9-11-13-23-17-19-18-16(22)24-17/h3,14H,1,4-13H2,2H3,(H,18,22). The van der Waals surface area contributed by atoms with E-state index in [1.807, 2.05) is 6.92 Å². The molecule has 24 heavy (non-hydrogen) atoms. The van der Waals surface area contributed by atoms with Crippen molar-refractivity contribution in [3.63, 3.8) is 0 Å². The van der Waals surface area contributed by atoms with E-state index in [1.54, 1.807) is 23.1 Å². The van der Waals surface area contributed by atoms with Crippen LogP contribution in [0.4, 0.5) is 0 Å². The third-order valence-corrected chi connectivity index (χ3v) is 5.95. The van der Waals surface area contributed by atoms with Gasteiger partial charge in [-0.3, -0.25) is 5.10 Å². The lowest BCUT2D eigenvalue weighted by atomic mass is 10.1. The van der Waals surface area contributed by atoms with Crippen molar-refractivity contribution in [1.29, 1.82) is 0 Å². The molecule has 0 aliphatic carbocycles. The lowest BCUT2D eigenvalue weighted by Gasteiger charge is -2.11. The second-order valence-corrected chi connectivity index (χ2v) is 8.80. The van der Waals surface area contributed by atoms with Crippen molar-refractivity contribution in [1.82, 2.24) is 10.2 Å². The summed E-state index contributed by atoms with van der Waals surface area (Å²) in [5.74, 6) is 0.801. The lowest BCUT2D eigenvalue weighted by molar-refractivity contribution is -0.142. The highest BCUT2D eigenvalue weighted by molar-refractivity contribution is 8.01. The predicted octanol–water partition coefficient (Wildman–Crippen LogP) is 5.92. The summed E-state index contributed by atoms with van der Waals surface area (Å²) in [5.41, 5.74) is 0. The normalized spacial score (nSPS) is 12.0. The van der Waals surface area contributed by atoms with Gasteiger partial charge in [0.2, 0.25) is 0 Å². The second-order valence-electron chi connectivity index (χ2n) is 5.80. The van der Waals surface area contributed by atoms with E-state index in [-0.39, 0.29) is 12.1 Å². The number of rotatable bonds is 14. The molecule has 0 saturated heterocycles. The number of hydrogen-bond donors (Lipinski definition) is 1. The highest BCUT2D eigenvalue weighted by Gasteiger charge is 2.05. The number of hydrogen-bond acceptors (Lipinski definition) is 6. The highest BCUT2D eigenvalue weighted by Crippen LogP contribution is 2.22. The molecule has 136 valence electrons. The van der Waals surface area contributed by atoms with Crippen molar-refractivity contribution in [2.24, 2.45) is 0 Å². The molecule has 1 unspecified atom stereocenters. The van der Waals surface area contributed by atoms with E-state index in [0.717, 1.165) is 26.9 Å². The number of carbonyl (C=O) groups excluding carboxylic acids is 1. The fourth-order valence-electron chi connectivity index (χ4n) is 2.34. The van der Waals surface area contributed by atoms with Gasteiger partial charge in [0.15, 0.2) is 8.29 Å². The Kier molecular flexibility index (Phi) is 12.1. The number of carbonyl (C=O) groups is 1. The fraction of sp³-hybridized carbons (Fsp3) is 0.706. The third-order valence-electron chi connectivity index (χ3n) is 3.63. The van der Waals surface area contributed by atoms with E-state index in [9.17, 15) is 4.79 Å². The molecule has 0 saturated carbocycles. The van der Waals surface area contributed by atoms with Gasteiger partial charge in [-0.15, -0.1) is 0 Å². The molecule has 0 aromatic carbocycles. The number of esters is 1. The van der Waals surface area contributed by atoms with Crippen molar-refractivity contribution in [2.45, 2.75) is 75.2 Å². The van der Waals surface area contributed by atoms with Crippen LogP contribution in [0.15, 0.2) is 17.0 Å². The Hall–Kier alpha value is -0.660. The fourth-order valence-corrected chi connectivity index (χ4v) is 4.49. The first-order valence-corrected chi connectivity index (χ1v) is 10.8. The van der Waals surface area contributed by atoms with E-state index >= 15 is 0 Å². The lowest BCUT2D eigenvalue weighted by Crippen LogP contribution is -2.12. The topological polar surface area (TPSA) is 55.0 Å². The first kappa shape index (κ1) is 21.4. The summed E-state index contributed by atoms with van der Waals surface area (Å²) < 4.78 is 6.95. The summed E-state index contributed by atoms with van der Waals surface area (Å²) >= 11 is 8.36. The molecule has 0 amide bonds. The first-order valence-electron chi connectivity index (χ1n) is 8.63. The summed E-state index contributed by atoms with van der Waals surface area (Å²) in [4.78, 5) is 11.0. The van der Waals surface area contributed by atoms with Crippen LogP contribution in [0.1, 0.15) is 64.7 Å². The van der Waals surface area contributed by atoms with Crippen LogP contribution in [-0.4, -0.2) is 28.0 Å². The summed E-state index contributed by atoms with van der Waals surface area (Å²) in [7, 11) is 0. The number of aromatic nitrogens is 2. The summed E-state index contributed by atoms with van der Waals surface area (Å²) in [6.07, 6.45) is 12.2. The van der Waals surface area contributed by atoms with E-state index < -0.39 is 0 Å². The van der Waals surface area contributed by atoms with E-state index in [1.165, 1.54) is 51.0 Å². The van der Waals surface area contributed by atoms with E-state index in [0.29, 0.717) is 0 Å². The Morgan fingerprint density at radius 2 is 1.92 bits per heavy atom. The van der Waals surface area contributed by atoms with Gasteiger partial charge in [0.05, 0.1) is 6.10 Å². The maximum Gasteiger partial charge on any atom is 0.330 e. The van der Waals surface area contributed by atoms with Gasteiger partial charge in [0.25, 0.3) is 0 Å². The van der Waals surface area contributed by atoms with Gasteiger partial charge >= 0.3 is 5.97 Å². The third kappa shape index (κ3) is 11.0. The second kappa shape index (κ2) is 13.6. The average molecular weight is 389 g/mol. The average Bonchev–Trinajstić information content (AvgIpc) is 2.97. The SMILES string of the molecule is C=CC(=O)OC(C)CCCCCCCCCCSc1n[nH]c(=S)s1. The zero-order valence-electron chi connectivity index (χ0n) is 14.4. The Bertz CT molecular complexity index is 528. The first-order chi connectivity index (χ1) is 11.6. The molecule has 0 bridgehead atoms. The number of aromatic amines is 1. The highest BCUT2D eigenvalue weighted by atomic mass is 32.2. The van der Waals surface area contributed by atoms with Crippen LogP contribution in [0, 0.1) is 3.95 Å². The Labute approximate surface area is 158 Å². The van der Waals surface area contributed by atoms with Gasteiger partial charge in [-0.05, 0) is 38.4 Å². The van der Waals surface area contributed by atoms with Gasteiger partial charge in [-0.2, -0.15) is 5.10 Å². The predicted molar refractivity (Wildman–Crippen MR) is 105 cm³/mol. The van der Waals surface area contributed by atoms with Crippen LogP contribution in [0.25, 0.3) is 0 Å². The van der Waals surface area contributed by atoms with Crippen LogP contribution in [0.3, 0.4) is 0 Å². The summed E-state index contributed by atoms with van der Waals surface area (Å²) in [6, 6.07) is 0. The molecule has 0 radical (unpaired) electrons. The van der Waals surface area contributed by atoms with Crippen molar-refractivity contribution >= 4 is 41.3 Å². The molecule has 1 aromatic rings. The Morgan fingerprint density at radius 1 is 1.29 bits per heavy atom. The number of thioether (sulfide) groups is 1. The molecule has 1 atom stereocenters. The molecule has 7 heteroatoms.